The minimum absolute atomic E-state index is 0.698. The fourth-order valence-corrected chi connectivity index (χ4v) is 0.303. The molecule has 4 nitrogen and oxygen atoms in total. The first-order chi connectivity index (χ1) is 3.30. The zero-order chi connectivity index (χ0) is 5.28. The van der Waals surface area contributed by atoms with Crippen LogP contribution in [-0.4, -0.2) is 19.6 Å². The minimum Gasteiger partial charge on any atom is -0.174 e. The number of tetrazole rings is 1. The number of aromatic nitrogens is 4. The highest BCUT2D eigenvalue weighted by atomic mass is 32.1. The van der Waals surface area contributed by atoms with Gasteiger partial charge in [0, 0.05) is 0 Å². The molecule has 0 bridgehead atoms. The van der Waals surface area contributed by atoms with Crippen molar-refractivity contribution >= 4 is 12.8 Å². The van der Waals surface area contributed by atoms with E-state index in [0.29, 0.717) is 5.82 Å². The molecule has 1 rings (SSSR count). The van der Waals surface area contributed by atoms with Crippen molar-refractivity contribution in [3.05, 3.63) is 5.82 Å². The summed E-state index contributed by atoms with van der Waals surface area (Å²) in [7, 11) is 0. The van der Waals surface area contributed by atoms with E-state index >= 15 is 0 Å². The van der Waals surface area contributed by atoms with Gasteiger partial charge in [0.2, 0.25) is 0 Å². The van der Waals surface area contributed by atoms with Crippen LogP contribution in [0.25, 0.3) is 0 Å². The lowest BCUT2D eigenvalue weighted by Crippen LogP contribution is -1.84. The summed E-state index contributed by atoms with van der Waals surface area (Å²) >= 11 is 3.83. The number of hydrogen-bond acceptors (Lipinski definition) is 4. The summed E-state index contributed by atoms with van der Waals surface area (Å²) in [5.41, 5.74) is 0. The molecule has 5 heteroatoms. The quantitative estimate of drug-likeness (QED) is 0.472. The molecule has 0 amide bonds. The van der Waals surface area contributed by atoms with Gasteiger partial charge in [0.05, 0.1) is 0 Å². The standard InChI is InChI=1S/C2H4N4S/c1-2-3-4-5-6(2)7/h7H,1H3. The second kappa shape index (κ2) is 1.49. The Bertz CT molecular complexity index is 142. The summed E-state index contributed by atoms with van der Waals surface area (Å²) in [5.74, 6) is 0.698. The molecule has 0 spiro atoms. The fraction of sp³-hybridized carbons (Fsp3) is 0.500. The minimum atomic E-state index is 0.698. The summed E-state index contributed by atoms with van der Waals surface area (Å²) in [6.07, 6.45) is 0. The van der Waals surface area contributed by atoms with Crippen molar-refractivity contribution in [3.63, 3.8) is 0 Å². The first-order valence-corrected chi connectivity index (χ1v) is 2.15. The zero-order valence-electron chi connectivity index (χ0n) is 3.74. The molecule has 1 heterocycles. The van der Waals surface area contributed by atoms with E-state index < -0.39 is 0 Å². The molecule has 0 fully saturated rings. The van der Waals surface area contributed by atoms with E-state index in [9.17, 15) is 0 Å². The van der Waals surface area contributed by atoms with E-state index in [1.54, 1.807) is 6.92 Å². The Morgan fingerprint density at radius 2 is 2.43 bits per heavy atom. The first kappa shape index (κ1) is 4.58. The van der Waals surface area contributed by atoms with Crippen molar-refractivity contribution in [1.29, 1.82) is 0 Å². The summed E-state index contributed by atoms with van der Waals surface area (Å²) in [6, 6.07) is 0. The van der Waals surface area contributed by atoms with E-state index in [1.165, 1.54) is 4.09 Å². The summed E-state index contributed by atoms with van der Waals surface area (Å²) in [4.78, 5) is 0. The molecule has 0 atom stereocenters. The van der Waals surface area contributed by atoms with Crippen LogP contribution in [0.2, 0.25) is 0 Å². The SMILES string of the molecule is Cc1nnnn1S. The van der Waals surface area contributed by atoms with Crippen LogP contribution in [-0.2, 0) is 0 Å². The van der Waals surface area contributed by atoms with Crippen LogP contribution in [0.15, 0.2) is 0 Å². The number of aryl methyl sites for hydroxylation is 1. The lowest BCUT2D eigenvalue weighted by Gasteiger charge is -1.79. The molecule has 0 N–H and O–H groups in total. The van der Waals surface area contributed by atoms with E-state index in [1.807, 2.05) is 0 Å². The highest BCUT2D eigenvalue weighted by Crippen LogP contribution is 1.86. The van der Waals surface area contributed by atoms with Gasteiger partial charge in [0.15, 0.2) is 5.82 Å². The number of hydrogen-bond donors (Lipinski definition) is 1. The summed E-state index contributed by atoms with van der Waals surface area (Å²) in [6.45, 7) is 1.77. The van der Waals surface area contributed by atoms with Gasteiger partial charge in [-0.05, 0) is 30.2 Å². The van der Waals surface area contributed by atoms with Crippen LogP contribution in [0.4, 0.5) is 0 Å². The molecule has 0 aliphatic heterocycles. The van der Waals surface area contributed by atoms with Crippen molar-refractivity contribution < 1.29 is 0 Å². The number of thiol groups is 1. The molecule has 0 saturated carbocycles. The van der Waals surface area contributed by atoms with Gasteiger partial charge < -0.3 is 0 Å². The summed E-state index contributed by atoms with van der Waals surface area (Å²) < 4.78 is 1.31. The molecule has 0 aliphatic rings. The Morgan fingerprint density at radius 3 is 2.57 bits per heavy atom. The van der Waals surface area contributed by atoms with Crippen molar-refractivity contribution in [3.8, 4) is 0 Å². The van der Waals surface area contributed by atoms with Gasteiger partial charge in [-0.2, -0.15) is 4.09 Å². The van der Waals surface area contributed by atoms with Gasteiger partial charge >= 0.3 is 0 Å². The predicted molar refractivity (Wildman–Crippen MR) is 26.9 cm³/mol. The number of nitrogens with zero attached hydrogens (tertiary/aromatic N) is 4. The van der Waals surface area contributed by atoms with Crippen molar-refractivity contribution in [2.45, 2.75) is 6.92 Å². The molecule has 0 saturated heterocycles. The maximum Gasteiger partial charge on any atom is 0.160 e. The first-order valence-electron chi connectivity index (χ1n) is 1.75. The van der Waals surface area contributed by atoms with Crippen LogP contribution in [0, 0.1) is 6.92 Å². The zero-order valence-corrected chi connectivity index (χ0v) is 4.63. The van der Waals surface area contributed by atoms with E-state index in [2.05, 4.69) is 28.3 Å². The second-order valence-electron chi connectivity index (χ2n) is 1.12. The molecule has 38 valence electrons. The molecule has 1 aromatic rings. The summed E-state index contributed by atoms with van der Waals surface area (Å²) in [5, 5.41) is 10.3. The van der Waals surface area contributed by atoms with Crippen molar-refractivity contribution in [2.75, 3.05) is 0 Å². The van der Waals surface area contributed by atoms with Crippen LogP contribution in [0.1, 0.15) is 5.82 Å². The van der Waals surface area contributed by atoms with Gasteiger partial charge in [0.25, 0.3) is 0 Å². The molecular weight excluding hydrogens is 112 g/mol. The molecule has 7 heavy (non-hydrogen) atoms. The van der Waals surface area contributed by atoms with Gasteiger partial charge in [-0.15, -0.1) is 5.10 Å². The third-order valence-electron chi connectivity index (χ3n) is 0.604. The highest BCUT2D eigenvalue weighted by molar-refractivity contribution is 7.78. The van der Waals surface area contributed by atoms with E-state index in [0.717, 1.165) is 0 Å². The Morgan fingerprint density at radius 1 is 1.71 bits per heavy atom. The molecule has 0 aliphatic carbocycles. The third kappa shape index (κ3) is 0.714. The van der Waals surface area contributed by atoms with Crippen LogP contribution < -0.4 is 0 Å². The lowest BCUT2D eigenvalue weighted by atomic mass is 10.8. The van der Waals surface area contributed by atoms with E-state index in [4.69, 9.17) is 0 Å². The Balaban J connectivity index is 3.12. The van der Waals surface area contributed by atoms with Gasteiger partial charge in [-0.3, -0.25) is 0 Å². The van der Waals surface area contributed by atoms with Gasteiger partial charge in [-0.1, -0.05) is 0 Å². The Labute approximate surface area is 46.1 Å². The largest absolute Gasteiger partial charge is 0.174 e. The molecule has 1 aromatic heterocycles. The van der Waals surface area contributed by atoms with E-state index in [-0.39, 0.29) is 0 Å². The van der Waals surface area contributed by atoms with Crippen molar-refractivity contribution in [2.24, 2.45) is 0 Å². The average molecular weight is 116 g/mol. The highest BCUT2D eigenvalue weighted by Gasteiger charge is 1.88. The van der Waals surface area contributed by atoms with Gasteiger partial charge in [-0.25, -0.2) is 0 Å². The van der Waals surface area contributed by atoms with Gasteiger partial charge in [0.1, 0.15) is 0 Å². The predicted octanol–water partition coefficient (Wildman–Crippen LogP) is -0.326. The molecule has 0 unspecified atom stereocenters. The van der Waals surface area contributed by atoms with Crippen LogP contribution in [0.3, 0.4) is 0 Å². The molecule has 0 aromatic carbocycles. The average Bonchev–Trinajstić information content (AvgIpc) is 1.91. The van der Waals surface area contributed by atoms with Crippen LogP contribution >= 0.6 is 12.8 Å². The second-order valence-corrected chi connectivity index (χ2v) is 1.49. The Hall–Kier alpha value is -0.580. The fourth-order valence-electron chi connectivity index (χ4n) is 0.227. The topological polar surface area (TPSA) is 43.6 Å². The smallest absolute Gasteiger partial charge is 0.160 e. The lowest BCUT2D eigenvalue weighted by molar-refractivity contribution is 0.855. The molecule has 0 radical (unpaired) electrons. The van der Waals surface area contributed by atoms with Crippen LogP contribution in [0.5, 0.6) is 0 Å². The maximum atomic E-state index is 3.83. The number of rotatable bonds is 0. The normalized spacial score (nSPS) is 9.43. The Kier molecular flexibility index (Phi) is 0.976. The molecular formula is C2H4N4S. The monoisotopic (exact) mass is 116 g/mol. The van der Waals surface area contributed by atoms with Crippen molar-refractivity contribution in [1.82, 2.24) is 19.6 Å². The third-order valence-corrected chi connectivity index (χ3v) is 0.973. The maximum absolute atomic E-state index is 3.83.